The third-order valence-electron chi connectivity index (χ3n) is 4.53. The molecule has 8 heteroatoms. The molecule has 0 saturated carbocycles. The van der Waals surface area contributed by atoms with E-state index in [1.54, 1.807) is 19.5 Å². The Labute approximate surface area is 172 Å². The van der Waals surface area contributed by atoms with Crippen LogP contribution in [0.1, 0.15) is 34.3 Å². The minimum absolute atomic E-state index is 0.315. The highest BCUT2D eigenvalue weighted by Gasteiger charge is 2.20. The Morgan fingerprint density at radius 2 is 2.10 bits per heavy atom. The number of para-hydroxylation sites is 1. The lowest BCUT2D eigenvalue weighted by molar-refractivity contribution is 0.0524. The van der Waals surface area contributed by atoms with Gasteiger partial charge in [0.25, 0.3) is 0 Å². The zero-order valence-corrected chi connectivity index (χ0v) is 17.0. The van der Waals surface area contributed by atoms with E-state index in [2.05, 4.69) is 10.2 Å². The monoisotopic (exact) mass is 408 g/mol. The molecule has 3 heterocycles. The van der Waals surface area contributed by atoms with E-state index in [0.29, 0.717) is 30.2 Å². The van der Waals surface area contributed by atoms with Crippen LogP contribution in [-0.2, 0) is 17.0 Å². The van der Waals surface area contributed by atoms with E-state index >= 15 is 0 Å². The summed E-state index contributed by atoms with van der Waals surface area (Å²) < 4.78 is 12.6. The molecule has 0 bridgehead atoms. The minimum atomic E-state index is -0.351. The Hall–Kier alpha value is -3.13. The van der Waals surface area contributed by atoms with Crippen molar-refractivity contribution in [3.05, 3.63) is 71.6 Å². The summed E-state index contributed by atoms with van der Waals surface area (Å²) in [6.07, 6.45) is 3.30. The number of nitrogens with zero attached hydrogens (tertiary/aromatic N) is 4. The normalized spacial score (nSPS) is 11.1. The van der Waals surface area contributed by atoms with Gasteiger partial charge in [0.05, 0.1) is 36.2 Å². The van der Waals surface area contributed by atoms with E-state index in [1.165, 1.54) is 11.8 Å². The predicted octanol–water partition coefficient (Wildman–Crippen LogP) is 4.25. The van der Waals surface area contributed by atoms with Crippen molar-refractivity contribution in [3.63, 3.8) is 0 Å². The Bertz CT molecular complexity index is 1140. The molecule has 3 aromatic heterocycles. The van der Waals surface area contributed by atoms with Crippen LogP contribution in [0.15, 0.2) is 58.6 Å². The largest absolute Gasteiger partial charge is 0.467 e. The number of carbonyl (C=O) groups excluding carboxylic acids is 1. The number of carbonyl (C=O) groups is 1. The number of rotatable bonds is 7. The van der Waals surface area contributed by atoms with Crippen LogP contribution >= 0.6 is 11.8 Å². The predicted molar refractivity (Wildman–Crippen MR) is 110 cm³/mol. The van der Waals surface area contributed by atoms with E-state index in [0.717, 1.165) is 27.4 Å². The molecule has 1 aromatic carbocycles. The smallest absolute Gasteiger partial charge is 0.340 e. The van der Waals surface area contributed by atoms with Gasteiger partial charge in [-0.05, 0) is 37.6 Å². The first-order valence-corrected chi connectivity index (χ1v) is 10.2. The third-order valence-corrected chi connectivity index (χ3v) is 5.52. The molecular formula is C21H20N4O3S. The van der Waals surface area contributed by atoms with Crippen molar-refractivity contribution in [2.24, 2.45) is 0 Å². The Kier molecular flexibility index (Phi) is 5.62. The molecule has 4 aromatic rings. The second kappa shape index (κ2) is 8.48. The lowest BCUT2D eigenvalue weighted by Crippen LogP contribution is -2.12. The molecule has 0 spiro atoms. The van der Waals surface area contributed by atoms with Crippen LogP contribution in [-0.4, -0.2) is 32.3 Å². The summed E-state index contributed by atoms with van der Waals surface area (Å²) >= 11 is 1.47. The Balaban J connectivity index is 1.65. The van der Waals surface area contributed by atoms with Gasteiger partial charge in [-0.25, -0.2) is 4.79 Å². The molecule has 4 rings (SSSR count). The van der Waals surface area contributed by atoms with Gasteiger partial charge in [0.15, 0.2) is 5.16 Å². The van der Waals surface area contributed by atoms with Crippen molar-refractivity contribution in [2.45, 2.75) is 31.3 Å². The number of hydrogen-bond donors (Lipinski definition) is 0. The first-order valence-electron chi connectivity index (χ1n) is 9.25. The number of aromatic nitrogens is 4. The number of thioether (sulfide) groups is 1. The fourth-order valence-electron chi connectivity index (χ4n) is 3.19. The lowest BCUT2D eigenvalue weighted by atomic mass is 10.0. The van der Waals surface area contributed by atoms with Gasteiger partial charge in [-0.2, -0.15) is 0 Å². The fourth-order valence-corrected chi connectivity index (χ4v) is 4.04. The molecule has 0 fully saturated rings. The van der Waals surface area contributed by atoms with Gasteiger partial charge < -0.3 is 13.7 Å². The summed E-state index contributed by atoms with van der Waals surface area (Å²) in [5.74, 6) is 0.936. The van der Waals surface area contributed by atoms with Gasteiger partial charge in [0.2, 0.25) is 0 Å². The second-order valence-electron chi connectivity index (χ2n) is 6.41. The van der Waals surface area contributed by atoms with E-state index in [9.17, 15) is 4.79 Å². The van der Waals surface area contributed by atoms with E-state index in [-0.39, 0.29) is 5.97 Å². The molecule has 0 aliphatic carbocycles. The van der Waals surface area contributed by atoms with Crippen LogP contribution in [0.5, 0.6) is 0 Å². The minimum Gasteiger partial charge on any atom is -0.467 e. The van der Waals surface area contributed by atoms with Gasteiger partial charge >= 0.3 is 5.97 Å². The summed E-state index contributed by atoms with van der Waals surface area (Å²) in [5, 5.41) is 9.88. The average Bonchev–Trinajstić information content (AvgIpc) is 3.39. The number of ether oxygens (including phenoxy) is 1. The van der Waals surface area contributed by atoms with Gasteiger partial charge in [0.1, 0.15) is 12.1 Å². The molecule has 148 valence electrons. The number of aryl methyl sites for hydroxylation is 1. The maximum absolute atomic E-state index is 12.7. The van der Waals surface area contributed by atoms with Crippen molar-refractivity contribution < 1.29 is 13.9 Å². The number of fused-ring (bicyclic) bond motifs is 1. The quantitative estimate of drug-likeness (QED) is 0.334. The van der Waals surface area contributed by atoms with E-state index < -0.39 is 0 Å². The zero-order valence-electron chi connectivity index (χ0n) is 16.2. The number of benzene rings is 1. The summed E-state index contributed by atoms with van der Waals surface area (Å²) in [5.41, 5.74) is 2.93. The fraction of sp³-hybridized carbons (Fsp3) is 0.238. The number of furan rings is 1. The lowest BCUT2D eigenvalue weighted by Gasteiger charge is -2.13. The van der Waals surface area contributed by atoms with Gasteiger partial charge in [-0.1, -0.05) is 30.0 Å². The molecule has 7 nitrogen and oxygen atoms in total. The van der Waals surface area contributed by atoms with Gasteiger partial charge in [0, 0.05) is 11.1 Å². The van der Waals surface area contributed by atoms with Crippen molar-refractivity contribution >= 4 is 28.6 Å². The Morgan fingerprint density at radius 1 is 1.24 bits per heavy atom. The van der Waals surface area contributed by atoms with E-state index in [4.69, 9.17) is 14.1 Å². The van der Waals surface area contributed by atoms with Crippen molar-refractivity contribution in [3.8, 4) is 0 Å². The topological polar surface area (TPSA) is 83.0 Å². The summed E-state index contributed by atoms with van der Waals surface area (Å²) in [7, 11) is 0. The van der Waals surface area contributed by atoms with Crippen LogP contribution in [0.25, 0.3) is 10.9 Å². The van der Waals surface area contributed by atoms with Crippen LogP contribution in [0.4, 0.5) is 0 Å². The van der Waals surface area contributed by atoms with Crippen LogP contribution in [0.2, 0.25) is 0 Å². The maximum atomic E-state index is 12.7. The van der Waals surface area contributed by atoms with Crippen LogP contribution in [0.3, 0.4) is 0 Å². The molecule has 0 aliphatic heterocycles. The highest BCUT2D eigenvalue weighted by Crippen LogP contribution is 2.28. The van der Waals surface area contributed by atoms with Crippen LogP contribution in [0, 0.1) is 6.92 Å². The van der Waals surface area contributed by atoms with Crippen molar-refractivity contribution in [1.29, 1.82) is 0 Å². The van der Waals surface area contributed by atoms with Gasteiger partial charge in [-0.3, -0.25) is 4.98 Å². The van der Waals surface area contributed by atoms with Crippen molar-refractivity contribution in [2.75, 3.05) is 6.61 Å². The van der Waals surface area contributed by atoms with E-state index in [1.807, 2.05) is 47.9 Å². The number of esters is 1. The summed E-state index contributed by atoms with van der Waals surface area (Å²) in [6.45, 7) is 4.59. The average molecular weight is 408 g/mol. The summed E-state index contributed by atoms with van der Waals surface area (Å²) in [6, 6.07) is 11.6. The SMILES string of the molecule is CCOC(=O)c1c(CSc2nncn2Cc2ccco2)nc2ccccc2c1C. The number of pyridine rings is 1. The molecule has 0 amide bonds. The molecule has 0 unspecified atom stereocenters. The molecule has 0 saturated heterocycles. The first kappa shape index (κ1) is 19.2. The van der Waals surface area contributed by atoms with Gasteiger partial charge in [-0.15, -0.1) is 10.2 Å². The zero-order chi connectivity index (χ0) is 20.2. The third kappa shape index (κ3) is 4.02. The summed E-state index contributed by atoms with van der Waals surface area (Å²) in [4.78, 5) is 17.4. The second-order valence-corrected chi connectivity index (χ2v) is 7.35. The Morgan fingerprint density at radius 3 is 2.90 bits per heavy atom. The molecule has 0 atom stereocenters. The highest BCUT2D eigenvalue weighted by atomic mass is 32.2. The highest BCUT2D eigenvalue weighted by molar-refractivity contribution is 7.98. The van der Waals surface area contributed by atoms with Crippen LogP contribution < -0.4 is 0 Å². The number of hydrogen-bond acceptors (Lipinski definition) is 7. The first-order chi connectivity index (χ1) is 14.2. The molecule has 0 radical (unpaired) electrons. The standard InChI is InChI=1S/C21H20N4O3S/c1-3-27-20(26)19-14(2)16-8-4-5-9-17(16)23-18(19)12-29-21-24-22-13-25(21)11-15-7-6-10-28-15/h4-10,13H,3,11-12H2,1-2H3. The molecule has 0 N–H and O–H groups in total. The molecular weight excluding hydrogens is 388 g/mol. The molecule has 29 heavy (non-hydrogen) atoms. The molecule has 0 aliphatic rings. The maximum Gasteiger partial charge on any atom is 0.340 e. The van der Waals surface area contributed by atoms with Crippen molar-refractivity contribution in [1.82, 2.24) is 19.7 Å².